The van der Waals surface area contributed by atoms with Crippen molar-refractivity contribution in [1.29, 1.82) is 0 Å². The zero-order chi connectivity index (χ0) is 13.2. The van der Waals surface area contributed by atoms with Crippen LogP contribution in [0, 0.1) is 5.82 Å². The van der Waals surface area contributed by atoms with E-state index in [-0.39, 0.29) is 11.4 Å². The summed E-state index contributed by atoms with van der Waals surface area (Å²) in [7, 11) is 0. The van der Waals surface area contributed by atoms with Gasteiger partial charge in [0.1, 0.15) is 17.2 Å². The van der Waals surface area contributed by atoms with Gasteiger partial charge in [0.15, 0.2) is 0 Å². The second kappa shape index (κ2) is 4.81. The maximum Gasteiger partial charge on any atom is 0.123 e. The SMILES string of the molecule is CC(C)(C)Oc1cccc(-c2ccc(F)cc2)c1. The molecule has 0 fully saturated rings. The molecule has 0 heterocycles. The number of hydrogen-bond donors (Lipinski definition) is 0. The Morgan fingerprint density at radius 1 is 0.889 bits per heavy atom. The minimum atomic E-state index is -0.221. The third-order valence-corrected chi connectivity index (χ3v) is 2.44. The fourth-order valence-corrected chi connectivity index (χ4v) is 1.74. The maximum absolute atomic E-state index is 12.9. The van der Waals surface area contributed by atoms with Gasteiger partial charge in [-0.2, -0.15) is 0 Å². The van der Waals surface area contributed by atoms with E-state index in [0.717, 1.165) is 16.9 Å². The lowest BCUT2D eigenvalue weighted by Gasteiger charge is -2.21. The molecule has 2 aromatic carbocycles. The highest BCUT2D eigenvalue weighted by Gasteiger charge is 2.11. The molecule has 94 valence electrons. The first-order chi connectivity index (χ1) is 8.44. The number of rotatable bonds is 2. The Balaban J connectivity index is 2.29. The van der Waals surface area contributed by atoms with E-state index in [4.69, 9.17) is 4.74 Å². The Labute approximate surface area is 107 Å². The van der Waals surface area contributed by atoms with Gasteiger partial charge in [-0.25, -0.2) is 4.39 Å². The summed E-state index contributed by atoms with van der Waals surface area (Å²) in [6.45, 7) is 6.03. The number of halogens is 1. The topological polar surface area (TPSA) is 9.23 Å². The van der Waals surface area contributed by atoms with E-state index in [0.29, 0.717) is 0 Å². The lowest BCUT2D eigenvalue weighted by molar-refractivity contribution is 0.131. The van der Waals surface area contributed by atoms with Gasteiger partial charge in [-0.15, -0.1) is 0 Å². The van der Waals surface area contributed by atoms with Crippen molar-refractivity contribution in [2.75, 3.05) is 0 Å². The molecule has 18 heavy (non-hydrogen) atoms. The summed E-state index contributed by atoms with van der Waals surface area (Å²) in [4.78, 5) is 0. The third-order valence-electron chi connectivity index (χ3n) is 2.44. The van der Waals surface area contributed by atoms with E-state index in [9.17, 15) is 4.39 Å². The van der Waals surface area contributed by atoms with Gasteiger partial charge in [0, 0.05) is 0 Å². The van der Waals surface area contributed by atoms with E-state index < -0.39 is 0 Å². The van der Waals surface area contributed by atoms with Crippen molar-refractivity contribution >= 4 is 0 Å². The van der Waals surface area contributed by atoms with Crippen molar-refractivity contribution in [3.05, 3.63) is 54.3 Å². The largest absolute Gasteiger partial charge is 0.488 e. The Kier molecular flexibility index (Phi) is 3.37. The van der Waals surface area contributed by atoms with E-state index in [1.165, 1.54) is 12.1 Å². The molecular weight excluding hydrogens is 227 g/mol. The molecule has 0 saturated heterocycles. The smallest absolute Gasteiger partial charge is 0.123 e. The summed E-state index contributed by atoms with van der Waals surface area (Å²) < 4.78 is 18.7. The molecule has 0 aliphatic heterocycles. The van der Waals surface area contributed by atoms with Crippen LogP contribution in [0.15, 0.2) is 48.5 Å². The molecule has 0 aliphatic rings. The monoisotopic (exact) mass is 244 g/mol. The van der Waals surface area contributed by atoms with Crippen LogP contribution in [0.2, 0.25) is 0 Å². The summed E-state index contributed by atoms with van der Waals surface area (Å²) in [6, 6.07) is 14.3. The predicted octanol–water partition coefficient (Wildman–Crippen LogP) is 4.67. The molecule has 0 unspecified atom stereocenters. The predicted molar refractivity (Wildman–Crippen MR) is 72.2 cm³/mol. The summed E-state index contributed by atoms with van der Waals surface area (Å²) >= 11 is 0. The lowest BCUT2D eigenvalue weighted by atomic mass is 10.1. The normalized spacial score (nSPS) is 11.3. The van der Waals surface area contributed by atoms with E-state index >= 15 is 0 Å². The molecule has 2 aromatic rings. The van der Waals surface area contributed by atoms with Crippen molar-refractivity contribution < 1.29 is 9.13 Å². The second-order valence-corrected chi connectivity index (χ2v) is 5.25. The Bertz CT molecular complexity index is 524. The van der Waals surface area contributed by atoms with Gasteiger partial charge in [-0.1, -0.05) is 24.3 Å². The molecule has 0 aromatic heterocycles. The van der Waals surface area contributed by atoms with Crippen molar-refractivity contribution in [2.24, 2.45) is 0 Å². The lowest BCUT2D eigenvalue weighted by Crippen LogP contribution is -2.22. The fourth-order valence-electron chi connectivity index (χ4n) is 1.74. The van der Waals surface area contributed by atoms with Crippen LogP contribution >= 0.6 is 0 Å². The van der Waals surface area contributed by atoms with Gasteiger partial charge in [-0.05, 0) is 56.2 Å². The average Bonchev–Trinajstić information content (AvgIpc) is 2.28. The first kappa shape index (κ1) is 12.6. The fraction of sp³-hybridized carbons (Fsp3) is 0.250. The van der Waals surface area contributed by atoms with E-state index in [1.54, 1.807) is 12.1 Å². The first-order valence-electron chi connectivity index (χ1n) is 5.99. The molecule has 0 amide bonds. The summed E-state index contributed by atoms with van der Waals surface area (Å²) in [5.41, 5.74) is 1.79. The van der Waals surface area contributed by atoms with Gasteiger partial charge in [0.25, 0.3) is 0 Å². The molecule has 2 heteroatoms. The Hall–Kier alpha value is -1.83. The molecule has 2 rings (SSSR count). The van der Waals surface area contributed by atoms with E-state index in [2.05, 4.69) is 0 Å². The highest BCUT2D eigenvalue weighted by Crippen LogP contribution is 2.26. The molecule has 0 radical (unpaired) electrons. The van der Waals surface area contributed by atoms with Crippen molar-refractivity contribution in [3.8, 4) is 16.9 Å². The van der Waals surface area contributed by atoms with Crippen molar-refractivity contribution in [1.82, 2.24) is 0 Å². The van der Waals surface area contributed by atoms with Gasteiger partial charge < -0.3 is 4.74 Å². The third kappa shape index (κ3) is 3.33. The number of ether oxygens (including phenoxy) is 1. The quantitative estimate of drug-likeness (QED) is 0.746. The number of hydrogen-bond acceptors (Lipinski definition) is 1. The average molecular weight is 244 g/mol. The molecular formula is C16H17FO. The van der Waals surface area contributed by atoms with Crippen LogP contribution in [0.5, 0.6) is 5.75 Å². The highest BCUT2D eigenvalue weighted by molar-refractivity contribution is 5.64. The molecule has 1 nitrogen and oxygen atoms in total. The summed E-state index contributed by atoms with van der Waals surface area (Å²) in [6.07, 6.45) is 0. The van der Waals surface area contributed by atoms with Crippen LogP contribution in [0.3, 0.4) is 0 Å². The van der Waals surface area contributed by atoms with Crippen LogP contribution in [0.25, 0.3) is 11.1 Å². The standard InChI is InChI=1S/C16H17FO/c1-16(2,3)18-15-6-4-5-13(11-15)12-7-9-14(17)10-8-12/h4-11H,1-3H3. The highest BCUT2D eigenvalue weighted by atomic mass is 19.1. The zero-order valence-corrected chi connectivity index (χ0v) is 10.9. The van der Waals surface area contributed by atoms with Gasteiger partial charge in [0.05, 0.1) is 0 Å². The van der Waals surface area contributed by atoms with Crippen molar-refractivity contribution in [2.45, 2.75) is 26.4 Å². The van der Waals surface area contributed by atoms with Crippen LogP contribution in [-0.2, 0) is 0 Å². The molecule has 0 atom stereocenters. The zero-order valence-electron chi connectivity index (χ0n) is 10.9. The summed E-state index contributed by atoms with van der Waals surface area (Å²) in [5, 5.41) is 0. The molecule has 0 N–H and O–H groups in total. The van der Waals surface area contributed by atoms with E-state index in [1.807, 2.05) is 45.0 Å². The maximum atomic E-state index is 12.9. The second-order valence-electron chi connectivity index (χ2n) is 5.25. The Morgan fingerprint density at radius 2 is 1.56 bits per heavy atom. The van der Waals surface area contributed by atoms with Gasteiger partial charge in [-0.3, -0.25) is 0 Å². The van der Waals surface area contributed by atoms with Crippen LogP contribution < -0.4 is 4.74 Å². The minimum absolute atomic E-state index is 0.221. The molecule has 0 bridgehead atoms. The first-order valence-corrected chi connectivity index (χ1v) is 5.99. The van der Waals surface area contributed by atoms with Crippen LogP contribution in [0.4, 0.5) is 4.39 Å². The molecule has 0 spiro atoms. The van der Waals surface area contributed by atoms with Crippen molar-refractivity contribution in [3.63, 3.8) is 0 Å². The van der Waals surface area contributed by atoms with Crippen LogP contribution in [0.1, 0.15) is 20.8 Å². The molecule has 0 aliphatic carbocycles. The number of benzene rings is 2. The van der Waals surface area contributed by atoms with Gasteiger partial charge in [0.2, 0.25) is 0 Å². The summed E-state index contributed by atoms with van der Waals surface area (Å²) in [5.74, 6) is 0.602. The van der Waals surface area contributed by atoms with Gasteiger partial charge >= 0.3 is 0 Å². The minimum Gasteiger partial charge on any atom is -0.488 e. The van der Waals surface area contributed by atoms with Crippen LogP contribution in [-0.4, -0.2) is 5.60 Å². The Morgan fingerprint density at radius 3 is 2.17 bits per heavy atom. The molecule has 0 saturated carbocycles.